The van der Waals surface area contributed by atoms with Crippen LogP contribution in [-0.4, -0.2) is 10.9 Å². The van der Waals surface area contributed by atoms with Crippen molar-refractivity contribution in [2.45, 2.75) is 20.1 Å². The first kappa shape index (κ1) is 15.8. The smallest absolute Gasteiger partial charge is 0.258 e. The van der Waals surface area contributed by atoms with Crippen LogP contribution in [0.4, 0.5) is 10.1 Å². The van der Waals surface area contributed by atoms with Gasteiger partial charge in [-0.2, -0.15) is 0 Å². The Bertz CT molecular complexity index is 937. The van der Waals surface area contributed by atoms with Gasteiger partial charge in [0.25, 0.3) is 5.91 Å². The first-order valence-electron chi connectivity index (χ1n) is 7.84. The van der Waals surface area contributed by atoms with Crippen molar-refractivity contribution in [1.82, 2.24) is 4.98 Å². The lowest BCUT2D eigenvalue weighted by Crippen LogP contribution is -2.22. The van der Waals surface area contributed by atoms with Crippen LogP contribution in [0.2, 0.25) is 0 Å². The van der Waals surface area contributed by atoms with Gasteiger partial charge in [0.2, 0.25) is 0 Å². The number of anilines is 1. The van der Waals surface area contributed by atoms with Crippen LogP contribution in [0.25, 0.3) is 0 Å². The molecule has 3 aromatic rings. The Morgan fingerprint density at radius 1 is 1.24 bits per heavy atom. The number of aromatic nitrogens is 1. The Balaban J connectivity index is 1.51. The first-order chi connectivity index (χ1) is 12.1. The van der Waals surface area contributed by atoms with Gasteiger partial charge in [0, 0.05) is 16.6 Å². The van der Waals surface area contributed by atoms with E-state index in [9.17, 15) is 9.18 Å². The van der Waals surface area contributed by atoms with E-state index in [1.54, 1.807) is 40.5 Å². The second-order valence-corrected chi connectivity index (χ2v) is 6.90. The highest BCUT2D eigenvalue weighted by atomic mass is 32.1. The number of hydrogen-bond donors (Lipinski definition) is 0. The average Bonchev–Trinajstić information content (AvgIpc) is 3.17. The number of amides is 1. The summed E-state index contributed by atoms with van der Waals surface area (Å²) in [6.45, 7) is 2.81. The van der Waals surface area contributed by atoms with E-state index in [1.165, 1.54) is 12.1 Å². The Morgan fingerprint density at radius 3 is 2.76 bits per heavy atom. The molecule has 0 N–H and O–H groups in total. The molecule has 0 saturated heterocycles. The predicted octanol–water partition coefficient (Wildman–Crippen LogP) is 4.33. The number of benzene rings is 2. The van der Waals surface area contributed by atoms with Crippen LogP contribution < -0.4 is 9.64 Å². The van der Waals surface area contributed by atoms with Gasteiger partial charge in [-0.25, -0.2) is 9.37 Å². The molecule has 1 amide bonds. The fourth-order valence-corrected chi connectivity index (χ4v) is 3.45. The van der Waals surface area contributed by atoms with Crippen molar-refractivity contribution in [3.05, 3.63) is 75.5 Å². The SMILES string of the molecule is Cc1nc(COc2ccc3c(c2)CN(c2ccc(F)cc2)C3=O)cs1. The van der Waals surface area contributed by atoms with Gasteiger partial charge in [-0.1, -0.05) is 0 Å². The average molecular weight is 354 g/mol. The van der Waals surface area contributed by atoms with E-state index in [1.807, 2.05) is 18.4 Å². The van der Waals surface area contributed by atoms with Crippen molar-refractivity contribution in [2.24, 2.45) is 0 Å². The van der Waals surface area contributed by atoms with E-state index in [4.69, 9.17) is 4.74 Å². The van der Waals surface area contributed by atoms with E-state index in [0.29, 0.717) is 30.2 Å². The molecule has 0 radical (unpaired) electrons. The van der Waals surface area contributed by atoms with Gasteiger partial charge in [0.1, 0.15) is 18.2 Å². The number of aryl methyl sites for hydroxylation is 1. The Morgan fingerprint density at radius 2 is 2.04 bits per heavy atom. The number of nitrogens with zero attached hydrogens (tertiary/aromatic N) is 2. The molecule has 0 aliphatic carbocycles. The Hall–Kier alpha value is -2.73. The molecule has 6 heteroatoms. The van der Waals surface area contributed by atoms with Crippen LogP contribution in [0, 0.1) is 12.7 Å². The second kappa shape index (κ2) is 6.29. The molecule has 126 valence electrons. The van der Waals surface area contributed by atoms with Crippen LogP contribution in [0.1, 0.15) is 26.6 Å². The molecule has 0 spiro atoms. The molecule has 4 nitrogen and oxygen atoms in total. The number of hydrogen-bond acceptors (Lipinski definition) is 4. The number of rotatable bonds is 4. The van der Waals surface area contributed by atoms with Gasteiger partial charge >= 0.3 is 0 Å². The lowest BCUT2D eigenvalue weighted by molar-refractivity contribution is 0.0996. The lowest BCUT2D eigenvalue weighted by atomic mass is 10.1. The van der Waals surface area contributed by atoms with E-state index >= 15 is 0 Å². The third-order valence-electron chi connectivity index (χ3n) is 4.07. The summed E-state index contributed by atoms with van der Waals surface area (Å²) >= 11 is 1.59. The number of ether oxygens (including phenoxy) is 1. The minimum absolute atomic E-state index is 0.0803. The van der Waals surface area contributed by atoms with Gasteiger partial charge in [-0.05, 0) is 55.0 Å². The van der Waals surface area contributed by atoms with Crippen LogP contribution in [0.15, 0.2) is 47.8 Å². The normalized spacial score (nSPS) is 13.2. The minimum Gasteiger partial charge on any atom is -0.487 e. The van der Waals surface area contributed by atoms with E-state index in [0.717, 1.165) is 16.3 Å². The van der Waals surface area contributed by atoms with Crippen molar-refractivity contribution in [3.63, 3.8) is 0 Å². The van der Waals surface area contributed by atoms with Gasteiger partial charge in [-0.15, -0.1) is 11.3 Å². The number of carbonyl (C=O) groups excluding carboxylic acids is 1. The Kier molecular flexibility index (Phi) is 3.97. The summed E-state index contributed by atoms with van der Waals surface area (Å²) in [6, 6.07) is 11.4. The maximum atomic E-state index is 13.1. The van der Waals surface area contributed by atoms with E-state index in [2.05, 4.69) is 4.98 Å². The molecule has 1 aromatic heterocycles. The van der Waals surface area contributed by atoms with Crippen molar-refractivity contribution in [3.8, 4) is 5.75 Å². The van der Waals surface area contributed by atoms with Crippen molar-refractivity contribution >= 4 is 22.9 Å². The second-order valence-electron chi connectivity index (χ2n) is 5.83. The number of carbonyl (C=O) groups is 1. The lowest BCUT2D eigenvalue weighted by Gasteiger charge is -2.15. The summed E-state index contributed by atoms with van der Waals surface area (Å²) in [6.07, 6.45) is 0. The highest BCUT2D eigenvalue weighted by Gasteiger charge is 2.28. The van der Waals surface area contributed by atoms with Crippen LogP contribution in [0.5, 0.6) is 5.75 Å². The standard InChI is InChI=1S/C19H15FN2O2S/c1-12-21-15(11-25-12)10-24-17-6-7-18-13(8-17)9-22(19(18)23)16-4-2-14(20)3-5-16/h2-8,11H,9-10H2,1H3. The Labute approximate surface area is 148 Å². The molecule has 0 unspecified atom stereocenters. The summed E-state index contributed by atoms with van der Waals surface area (Å²) < 4.78 is 18.9. The number of fused-ring (bicyclic) bond motifs is 1. The first-order valence-corrected chi connectivity index (χ1v) is 8.72. The summed E-state index contributed by atoms with van der Waals surface area (Å²) in [5, 5.41) is 2.98. The molecule has 25 heavy (non-hydrogen) atoms. The van der Waals surface area contributed by atoms with Gasteiger partial charge in [0.05, 0.1) is 17.2 Å². The maximum absolute atomic E-state index is 13.1. The molecule has 1 aliphatic heterocycles. The van der Waals surface area contributed by atoms with Gasteiger partial charge < -0.3 is 9.64 Å². The zero-order valence-corrected chi connectivity index (χ0v) is 14.3. The molecule has 1 aliphatic rings. The third-order valence-corrected chi connectivity index (χ3v) is 4.89. The molecule has 0 saturated carbocycles. The number of thiazole rings is 1. The highest BCUT2D eigenvalue weighted by molar-refractivity contribution is 7.09. The molecular formula is C19H15FN2O2S. The molecule has 2 heterocycles. The summed E-state index contributed by atoms with van der Waals surface area (Å²) in [4.78, 5) is 18.6. The van der Waals surface area contributed by atoms with E-state index in [-0.39, 0.29) is 11.7 Å². The third kappa shape index (κ3) is 3.13. The quantitative estimate of drug-likeness (QED) is 0.700. The molecule has 0 fully saturated rings. The van der Waals surface area contributed by atoms with Gasteiger partial charge in [0.15, 0.2) is 0 Å². The maximum Gasteiger partial charge on any atom is 0.258 e. The zero-order valence-electron chi connectivity index (χ0n) is 13.5. The fraction of sp³-hybridized carbons (Fsp3) is 0.158. The molecule has 4 rings (SSSR count). The van der Waals surface area contributed by atoms with Crippen LogP contribution in [0.3, 0.4) is 0 Å². The minimum atomic E-state index is -0.319. The van der Waals surface area contributed by atoms with Crippen molar-refractivity contribution < 1.29 is 13.9 Å². The molecule has 0 atom stereocenters. The zero-order chi connectivity index (χ0) is 17.4. The van der Waals surface area contributed by atoms with Crippen molar-refractivity contribution in [1.29, 1.82) is 0 Å². The monoisotopic (exact) mass is 354 g/mol. The fourth-order valence-electron chi connectivity index (χ4n) is 2.85. The topological polar surface area (TPSA) is 42.4 Å². The van der Waals surface area contributed by atoms with Crippen LogP contribution >= 0.6 is 11.3 Å². The summed E-state index contributed by atoms with van der Waals surface area (Å²) in [5.74, 6) is 0.308. The largest absolute Gasteiger partial charge is 0.487 e. The van der Waals surface area contributed by atoms with Gasteiger partial charge in [-0.3, -0.25) is 4.79 Å². The van der Waals surface area contributed by atoms with Crippen LogP contribution in [-0.2, 0) is 13.2 Å². The number of halogens is 1. The molecule has 0 bridgehead atoms. The van der Waals surface area contributed by atoms with Crippen molar-refractivity contribution in [2.75, 3.05) is 4.90 Å². The summed E-state index contributed by atoms with van der Waals surface area (Å²) in [5.41, 5.74) is 3.14. The highest BCUT2D eigenvalue weighted by Crippen LogP contribution is 2.31. The molecule has 2 aromatic carbocycles. The molecular weight excluding hydrogens is 339 g/mol. The summed E-state index contributed by atoms with van der Waals surface area (Å²) in [7, 11) is 0. The van der Waals surface area contributed by atoms with E-state index < -0.39 is 0 Å². The predicted molar refractivity (Wildman–Crippen MR) is 94.5 cm³/mol.